The summed E-state index contributed by atoms with van der Waals surface area (Å²) in [6, 6.07) is 2.36. The van der Waals surface area contributed by atoms with Crippen molar-refractivity contribution in [3.05, 3.63) is 34.3 Å². The number of amides is 2. The molecule has 2 amide bonds. The number of halogens is 4. The lowest BCUT2D eigenvalue weighted by atomic mass is 10.1. The molecule has 1 aromatic rings. The molecule has 1 aliphatic heterocycles. The van der Waals surface area contributed by atoms with Crippen molar-refractivity contribution in [3.63, 3.8) is 0 Å². The lowest BCUT2D eigenvalue weighted by Gasteiger charge is -2.19. The van der Waals surface area contributed by atoms with Crippen molar-refractivity contribution < 1.29 is 22.8 Å². The molecule has 1 aliphatic rings. The topological polar surface area (TPSA) is 49.4 Å². The number of likely N-dealkylation sites (tertiary alicyclic amines) is 1. The van der Waals surface area contributed by atoms with Gasteiger partial charge in [-0.1, -0.05) is 11.6 Å². The fourth-order valence-corrected chi connectivity index (χ4v) is 2.48. The second kappa shape index (κ2) is 6.16. The van der Waals surface area contributed by atoms with Crippen molar-refractivity contribution in [1.29, 1.82) is 0 Å². The summed E-state index contributed by atoms with van der Waals surface area (Å²) in [5.74, 6) is -0.529. The number of nitrogens with zero attached hydrogens (tertiary/aromatic N) is 1. The van der Waals surface area contributed by atoms with Gasteiger partial charge in [-0.15, -0.1) is 0 Å². The number of nitrogens with one attached hydrogen (secondary N) is 1. The summed E-state index contributed by atoms with van der Waals surface area (Å²) in [6.45, 7) is -0.125. The highest BCUT2D eigenvalue weighted by atomic mass is 35.5. The van der Waals surface area contributed by atoms with Crippen molar-refractivity contribution in [1.82, 2.24) is 10.2 Å². The van der Waals surface area contributed by atoms with Gasteiger partial charge in [0, 0.05) is 25.0 Å². The molecule has 120 valence electrons. The number of alkyl halides is 3. The van der Waals surface area contributed by atoms with E-state index in [9.17, 15) is 22.8 Å². The van der Waals surface area contributed by atoms with Crippen LogP contribution in [-0.4, -0.2) is 29.8 Å². The van der Waals surface area contributed by atoms with Crippen LogP contribution in [0.2, 0.25) is 5.02 Å². The first kappa shape index (κ1) is 16.6. The average molecular weight is 335 g/mol. The van der Waals surface area contributed by atoms with Crippen molar-refractivity contribution >= 4 is 23.4 Å². The monoisotopic (exact) mass is 334 g/mol. The van der Waals surface area contributed by atoms with Crippen LogP contribution in [0.25, 0.3) is 0 Å². The maximum absolute atomic E-state index is 12.7. The van der Waals surface area contributed by atoms with Gasteiger partial charge in [-0.3, -0.25) is 9.59 Å². The van der Waals surface area contributed by atoms with E-state index in [0.717, 1.165) is 18.2 Å². The fourth-order valence-electron chi connectivity index (χ4n) is 2.30. The van der Waals surface area contributed by atoms with E-state index < -0.39 is 23.7 Å². The molecule has 1 unspecified atom stereocenters. The van der Waals surface area contributed by atoms with Crippen molar-refractivity contribution in [3.8, 4) is 0 Å². The third kappa shape index (κ3) is 3.52. The number of carbonyl (C=O) groups is 2. The Morgan fingerprint density at radius 2 is 2.14 bits per heavy atom. The Labute approximate surface area is 130 Å². The first-order valence-corrected chi connectivity index (χ1v) is 6.97. The molecular formula is C14H14ClF3N2O2. The minimum absolute atomic E-state index is 0.125. The van der Waals surface area contributed by atoms with E-state index in [2.05, 4.69) is 5.32 Å². The Morgan fingerprint density at radius 1 is 1.45 bits per heavy atom. The minimum Gasteiger partial charge on any atom is -0.350 e. The van der Waals surface area contributed by atoms with E-state index in [4.69, 9.17) is 11.6 Å². The van der Waals surface area contributed by atoms with Gasteiger partial charge in [-0.2, -0.15) is 13.2 Å². The molecule has 22 heavy (non-hydrogen) atoms. The molecule has 0 aliphatic carbocycles. The summed E-state index contributed by atoms with van der Waals surface area (Å²) in [7, 11) is 1.52. The molecule has 4 nitrogen and oxygen atoms in total. The van der Waals surface area contributed by atoms with Crippen LogP contribution in [0.4, 0.5) is 13.2 Å². The quantitative estimate of drug-likeness (QED) is 0.923. The number of benzene rings is 1. The van der Waals surface area contributed by atoms with Gasteiger partial charge >= 0.3 is 6.18 Å². The van der Waals surface area contributed by atoms with Gasteiger partial charge < -0.3 is 10.2 Å². The van der Waals surface area contributed by atoms with Crippen molar-refractivity contribution in [2.75, 3.05) is 7.05 Å². The van der Waals surface area contributed by atoms with E-state index in [1.165, 1.54) is 11.9 Å². The predicted molar refractivity (Wildman–Crippen MR) is 74.1 cm³/mol. The van der Waals surface area contributed by atoms with E-state index in [-0.39, 0.29) is 23.0 Å². The summed E-state index contributed by atoms with van der Waals surface area (Å²) in [6.07, 6.45) is -3.78. The van der Waals surface area contributed by atoms with E-state index >= 15 is 0 Å². The highest BCUT2D eigenvalue weighted by Crippen LogP contribution is 2.31. The zero-order valence-electron chi connectivity index (χ0n) is 11.7. The van der Waals surface area contributed by atoms with Crippen LogP contribution in [0.15, 0.2) is 18.2 Å². The van der Waals surface area contributed by atoms with Gasteiger partial charge in [-0.25, -0.2) is 0 Å². The Hall–Kier alpha value is -1.76. The molecule has 1 atom stereocenters. The standard InChI is InChI=1S/C14H14ClF3N2O2/c1-20-11(4-5-12(20)21)13(22)19-7-8-6-9(14(16,17)18)2-3-10(8)15/h2-3,6,11H,4-5,7H2,1H3,(H,19,22). The van der Waals surface area contributed by atoms with Gasteiger partial charge in [-0.05, 0) is 30.2 Å². The van der Waals surface area contributed by atoms with Gasteiger partial charge in [0.05, 0.1) is 5.56 Å². The first-order chi connectivity index (χ1) is 10.2. The van der Waals surface area contributed by atoms with Crippen LogP contribution >= 0.6 is 11.6 Å². The largest absolute Gasteiger partial charge is 0.416 e. The summed E-state index contributed by atoms with van der Waals surface area (Å²) < 4.78 is 38.0. The van der Waals surface area contributed by atoms with Gasteiger partial charge in [0.2, 0.25) is 11.8 Å². The third-order valence-corrected chi connectivity index (χ3v) is 3.99. The number of likely N-dealkylation sites (N-methyl/N-ethyl adjacent to an activating group) is 1. The van der Waals surface area contributed by atoms with E-state index in [1.54, 1.807) is 0 Å². The SMILES string of the molecule is CN1C(=O)CCC1C(=O)NCc1cc(C(F)(F)F)ccc1Cl. The summed E-state index contributed by atoms with van der Waals surface area (Å²) in [5.41, 5.74) is -0.647. The van der Waals surface area contributed by atoms with Crippen molar-refractivity contribution in [2.45, 2.75) is 31.6 Å². The molecule has 0 radical (unpaired) electrons. The van der Waals surface area contributed by atoms with Crippen LogP contribution in [0.3, 0.4) is 0 Å². The molecule has 0 bridgehead atoms. The highest BCUT2D eigenvalue weighted by Gasteiger charge is 2.33. The normalized spacial score (nSPS) is 18.7. The van der Waals surface area contributed by atoms with E-state index in [1.807, 2.05) is 0 Å². The van der Waals surface area contributed by atoms with Crippen LogP contribution in [0, 0.1) is 0 Å². The lowest BCUT2D eigenvalue weighted by molar-refractivity contribution is -0.137. The fraction of sp³-hybridized carbons (Fsp3) is 0.429. The molecule has 8 heteroatoms. The molecule has 0 aromatic heterocycles. The molecule has 1 fully saturated rings. The molecule has 0 saturated carbocycles. The maximum Gasteiger partial charge on any atom is 0.416 e. The predicted octanol–water partition coefficient (Wildman–Crippen LogP) is 2.60. The Balaban J connectivity index is 2.05. The van der Waals surface area contributed by atoms with Gasteiger partial charge in [0.25, 0.3) is 0 Å². The zero-order valence-corrected chi connectivity index (χ0v) is 12.5. The van der Waals surface area contributed by atoms with E-state index in [0.29, 0.717) is 12.8 Å². The molecule has 1 aromatic carbocycles. The Morgan fingerprint density at radius 3 is 2.68 bits per heavy atom. The maximum atomic E-state index is 12.7. The average Bonchev–Trinajstić information content (AvgIpc) is 2.76. The summed E-state index contributed by atoms with van der Waals surface area (Å²) in [4.78, 5) is 24.7. The van der Waals surface area contributed by atoms with Crippen LogP contribution < -0.4 is 5.32 Å². The highest BCUT2D eigenvalue weighted by molar-refractivity contribution is 6.31. The minimum atomic E-state index is -4.47. The second-order valence-corrected chi connectivity index (χ2v) is 5.49. The van der Waals surface area contributed by atoms with Crippen molar-refractivity contribution in [2.24, 2.45) is 0 Å². The third-order valence-electron chi connectivity index (χ3n) is 3.62. The zero-order chi connectivity index (χ0) is 16.5. The summed E-state index contributed by atoms with van der Waals surface area (Å²) in [5, 5.41) is 2.67. The van der Waals surface area contributed by atoms with Crippen LogP contribution in [0.5, 0.6) is 0 Å². The van der Waals surface area contributed by atoms with Gasteiger partial charge in [0.15, 0.2) is 0 Å². The summed E-state index contributed by atoms with van der Waals surface area (Å²) >= 11 is 5.86. The van der Waals surface area contributed by atoms with Gasteiger partial charge in [0.1, 0.15) is 6.04 Å². The molecule has 2 rings (SSSR count). The molecular weight excluding hydrogens is 321 g/mol. The van der Waals surface area contributed by atoms with Crippen LogP contribution in [-0.2, 0) is 22.3 Å². The number of carbonyl (C=O) groups excluding carboxylic acids is 2. The molecule has 1 heterocycles. The number of hydrogen-bond donors (Lipinski definition) is 1. The number of hydrogen-bond acceptors (Lipinski definition) is 2. The second-order valence-electron chi connectivity index (χ2n) is 5.08. The molecule has 0 spiro atoms. The first-order valence-electron chi connectivity index (χ1n) is 6.59. The molecule has 1 N–H and O–H groups in total. The van der Waals surface area contributed by atoms with Crippen LogP contribution in [0.1, 0.15) is 24.0 Å². The Bertz CT molecular complexity index is 604. The lowest BCUT2D eigenvalue weighted by Crippen LogP contribution is -2.42. The molecule has 1 saturated heterocycles. The smallest absolute Gasteiger partial charge is 0.350 e. The Kier molecular flexibility index (Phi) is 4.65. The number of rotatable bonds is 3.